The summed E-state index contributed by atoms with van der Waals surface area (Å²) in [6.45, 7) is 5.30. The van der Waals surface area contributed by atoms with Gasteiger partial charge in [0.1, 0.15) is 0 Å². The predicted molar refractivity (Wildman–Crippen MR) is 187 cm³/mol. The van der Waals surface area contributed by atoms with E-state index in [0.717, 1.165) is 0 Å². The molecule has 2 atom stereocenters. The summed E-state index contributed by atoms with van der Waals surface area (Å²) in [7, 11) is -2.39. The highest BCUT2D eigenvalue weighted by atomic mass is 28.3. The zero-order chi connectivity index (χ0) is 28.8. The lowest BCUT2D eigenvalue weighted by molar-refractivity contribution is 0.241. The van der Waals surface area contributed by atoms with Gasteiger partial charge in [0.2, 0.25) is 0 Å². The molecule has 0 aromatic heterocycles. The molecule has 0 radical (unpaired) electrons. The Kier molecular flexibility index (Phi) is 5.24. The Morgan fingerprint density at radius 3 is 1.84 bits per heavy atom. The summed E-state index contributed by atoms with van der Waals surface area (Å²) in [5.74, 6) is 0. The van der Waals surface area contributed by atoms with Crippen LogP contribution in [0.2, 0.25) is 5.04 Å². The maximum atomic E-state index is 2.67. The summed E-state index contributed by atoms with van der Waals surface area (Å²) in [6.07, 6.45) is 5.16. The van der Waals surface area contributed by atoms with Crippen LogP contribution in [0.15, 0.2) is 133 Å². The van der Waals surface area contributed by atoms with E-state index in [9.17, 15) is 0 Å². The lowest BCUT2D eigenvalue weighted by Crippen LogP contribution is -2.72. The summed E-state index contributed by atoms with van der Waals surface area (Å²) in [4.78, 5) is 0. The van der Waals surface area contributed by atoms with Crippen LogP contribution in [-0.4, -0.2) is 8.07 Å². The van der Waals surface area contributed by atoms with E-state index in [2.05, 4.69) is 147 Å². The lowest BCUT2D eigenvalue weighted by Gasteiger charge is -2.54. The summed E-state index contributed by atoms with van der Waals surface area (Å²) < 4.78 is 0. The third kappa shape index (κ3) is 3.11. The second-order valence-corrected chi connectivity index (χ2v) is 17.9. The van der Waals surface area contributed by atoms with Crippen LogP contribution in [0.3, 0.4) is 0 Å². The van der Waals surface area contributed by atoms with E-state index in [4.69, 9.17) is 0 Å². The number of benzene rings is 7. The molecule has 1 saturated carbocycles. The first kappa shape index (κ1) is 25.3. The Morgan fingerprint density at radius 1 is 0.535 bits per heavy atom. The molecule has 0 N–H and O–H groups in total. The fourth-order valence-electron chi connectivity index (χ4n) is 9.81. The second kappa shape index (κ2) is 8.91. The van der Waals surface area contributed by atoms with Crippen molar-refractivity contribution in [2.75, 3.05) is 0 Å². The average molecular weight is 569 g/mol. The first-order valence-electron chi connectivity index (χ1n) is 16.0. The van der Waals surface area contributed by atoms with Gasteiger partial charge < -0.3 is 0 Å². The van der Waals surface area contributed by atoms with Crippen molar-refractivity contribution in [3.8, 4) is 11.1 Å². The molecule has 0 bridgehead atoms. The molecule has 9 rings (SSSR count). The van der Waals surface area contributed by atoms with Crippen LogP contribution < -0.4 is 15.6 Å². The molecule has 7 aromatic carbocycles. The Labute approximate surface area is 255 Å². The van der Waals surface area contributed by atoms with E-state index in [1.165, 1.54) is 69.1 Å². The van der Waals surface area contributed by atoms with Crippen molar-refractivity contribution in [2.45, 2.75) is 50.0 Å². The number of rotatable bonds is 3. The van der Waals surface area contributed by atoms with Gasteiger partial charge in [-0.1, -0.05) is 160 Å². The molecule has 1 aliphatic heterocycles. The average Bonchev–Trinajstić information content (AvgIpc) is 3.25. The second-order valence-electron chi connectivity index (χ2n) is 13.6. The standard InChI is InChI=1S/C42H36Si/c1-41-26-9-10-27-42(41,2)43(33-14-5-3-6-15-33,34-16-7-4-8-17-34)38-25-22-32(28-37(38)41)35-23-20-31-19-18-29-12-11-13-30-21-24-36(35)40(31)39(29)30/h3-8,11-25,28H,9-10,26-27H2,1-2H3. The topological polar surface area (TPSA) is 0 Å². The monoisotopic (exact) mass is 568 g/mol. The molecule has 43 heavy (non-hydrogen) atoms. The first-order valence-corrected chi connectivity index (χ1v) is 18.0. The van der Waals surface area contributed by atoms with Gasteiger partial charge in [-0.15, -0.1) is 0 Å². The fourth-order valence-corrected chi connectivity index (χ4v) is 16.7. The minimum Gasteiger partial charge on any atom is -0.0624 e. The largest absolute Gasteiger partial charge is 0.155 e. The van der Waals surface area contributed by atoms with Crippen molar-refractivity contribution >= 4 is 56.0 Å². The van der Waals surface area contributed by atoms with Crippen LogP contribution in [0.5, 0.6) is 0 Å². The van der Waals surface area contributed by atoms with E-state index in [1.807, 2.05) is 0 Å². The van der Waals surface area contributed by atoms with Gasteiger partial charge in [-0.3, -0.25) is 0 Å². The molecule has 0 saturated heterocycles. The molecule has 0 spiro atoms. The maximum Gasteiger partial charge on any atom is 0.155 e. The van der Waals surface area contributed by atoms with Gasteiger partial charge >= 0.3 is 0 Å². The fraction of sp³-hybridized carbons (Fsp3) is 0.190. The van der Waals surface area contributed by atoms with E-state index >= 15 is 0 Å². The quantitative estimate of drug-likeness (QED) is 0.147. The van der Waals surface area contributed by atoms with E-state index in [1.54, 1.807) is 21.1 Å². The van der Waals surface area contributed by atoms with Crippen molar-refractivity contribution in [3.05, 3.63) is 139 Å². The third-order valence-corrected chi connectivity index (χ3v) is 18.0. The summed E-state index contributed by atoms with van der Waals surface area (Å²) in [6, 6.07) is 51.6. The summed E-state index contributed by atoms with van der Waals surface area (Å²) in [5, 5.41) is 13.1. The highest BCUT2D eigenvalue weighted by molar-refractivity contribution is 7.14. The summed E-state index contributed by atoms with van der Waals surface area (Å²) >= 11 is 0. The SMILES string of the molecule is CC12CCCCC1(C)[Si](c1ccccc1)(c1ccccc1)c1ccc(-c3ccc4ccc5cccc6ccc3c4c56)cc12. The van der Waals surface area contributed by atoms with Crippen LogP contribution in [0.1, 0.15) is 45.1 Å². The Balaban J connectivity index is 1.36. The molecule has 1 heteroatoms. The van der Waals surface area contributed by atoms with Crippen LogP contribution in [0.4, 0.5) is 0 Å². The first-order chi connectivity index (χ1) is 21.1. The molecule has 2 unspecified atom stereocenters. The van der Waals surface area contributed by atoms with Gasteiger partial charge in [0, 0.05) is 0 Å². The van der Waals surface area contributed by atoms with Crippen LogP contribution in [-0.2, 0) is 5.41 Å². The number of hydrogen-bond acceptors (Lipinski definition) is 0. The molecule has 1 fully saturated rings. The normalized spacial score (nSPS) is 22.7. The lowest BCUT2D eigenvalue weighted by atomic mass is 9.64. The molecule has 1 heterocycles. The molecule has 2 aliphatic rings. The zero-order valence-electron chi connectivity index (χ0n) is 25.0. The predicted octanol–water partition coefficient (Wildman–Crippen LogP) is 9.33. The van der Waals surface area contributed by atoms with Crippen molar-refractivity contribution in [1.82, 2.24) is 0 Å². The molecular weight excluding hydrogens is 533 g/mol. The van der Waals surface area contributed by atoms with Crippen molar-refractivity contribution in [3.63, 3.8) is 0 Å². The zero-order valence-corrected chi connectivity index (χ0v) is 26.0. The van der Waals surface area contributed by atoms with Crippen molar-refractivity contribution in [2.24, 2.45) is 0 Å². The molecular formula is C42H36Si. The Morgan fingerprint density at radius 2 is 1.14 bits per heavy atom. The molecule has 7 aromatic rings. The number of hydrogen-bond donors (Lipinski definition) is 0. The van der Waals surface area contributed by atoms with Gasteiger partial charge in [0.05, 0.1) is 0 Å². The molecule has 1 aliphatic carbocycles. The number of fused-ring (bicyclic) bond motifs is 3. The van der Waals surface area contributed by atoms with Gasteiger partial charge in [-0.2, -0.15) is 0 Å². The highest BCUT2D eigenvalue weighted by Crippen LogP contribution is 2.65. The minimum absolute atomic E-state index is 0.123. The van der Waals surface area contributed by atoms with Crippen molar-refractivity contribution < 1.29 is 0 Å². The maximum absolute atomic E-state index is 2.67. The van der Waals surface area contributed by atoms with Crippen LogP contribution in [0, 0.1) is 0 Å². The third-order valence-electron chi connectivity index (χ3n) is 11.9. The van der Waals surface area contributed by atoms with Gasteiger partial charge in [-0.05, 0) is 87.9 Å². The highest BCUT2D eigenvalue weighted by Gasteiger charge is 2.68. The smallest absolute Gasteiger partial charge is 0.0624 e. The molecule has 0 amide bonds. The van der Waals surface area contributed by atoms with E-state index in [-0.39, 0.29) is 10.5 Å². The van der Waals surface area contributed by atoms with E-state index in [0.29, 0.717) is 0 Å². The van der Waals surface area contributed by atoms with Crippen LogP contribution in [0.25, 0.3) is 43.4 Å². The molecule has 0 nitrogen and oxygen atoms in total. The van der Waals surface area contributed by atoms with Gasteiger partial charge in [0.15, 0.2) is 8.07 Å². The van der Waals surface area contributed by atoms with Crippen molar-refractivity contribution in [1.29, 1.82) is 0 Å². The minimum atomic E-state index is -2.39. The molecule has 208 valence electrons. The van der Waals surface area contributed by atoms with Gasteiger partial charge in [0.25, 0.3) is 0 Å². The van der Waals surface area contributed by atoms with E-state index < -0.39 is 8.07 Å². The van der Waals surface area contributed by atoms with Crippen LogP contribution >= 0.6 is 0 Å². The Hall–Kier alpha value is -4.20. The summed E-state index contributed by atoms with van der Waals surface area (Å²) in [5.41, 5.74) is 4.44. The van der Waals surface area contributed by atoms with Gasteiger partial charge in [-0.25, -0.2) is 0 Å². The Bertz CT molecular complexity index is 2110.